The third-order valence-corrected chi connectivity index (χ3v) is 4.70. The highest BCUT2D eigenvalue weighted by Crippen LogP contribution is 2.19. The number of pyridine rings is 1. The van der Waals surface area contributed by atoms with E-state index in [1.54, 1.807) is 6.07 Å². The lowest BCUT2D eigenvalue weighted by Gasteiger charge is -2.34. The SMILES string of the molecule is CCN(CC)C(=O)C1CCCN(CCCOc2cccc(Cl)n2)C1. The third-order valence-electron chi connectivity index (χ3n) is 4.49. The van der Waals surface area contributed by atoms with Crippen LogP contribution >= 0.6 is 11.6 Å². The van der Waals surface area contributed by atoms with E-state index in [2.05, 4.69) is 9.88 Å². The Hall–Kier alpha value is -1.33. The molecule has 1 aliphatic heterocycles. The minimum absolute atomic E-state index is 0.147. The van der Waals surface area contributed by atoms with Crippen LogP contribution < -0.4 is 4.74 Å². The van der Waals surface area contributed by atoms with Gasteiger partial charge in [0, 0.05) is 32.2 Å². The van der Waals surface area contributed by atoms with Crippen LogP contribution in [0.1, 0.15) is 33.1 Å². The second-order valence-electron chi connectivity index (χ2n) is 6.15. The average Bonchev–Trinajstić information content (AvgIpc) is 2.60. The van der Waals surface area contributed by atoms with Crippen LogP contribution in [0, 0.1) is 5.92 Å². The van der Waals surface area contributed by atoms with E-state index in [0.717, 1.165) is 52.0 Å². The van der Waals surface area contributed by atoms with Gasteiger partial charge in [0.1, 0.15) is 5.15 Å². The highest BCUT2D eigenvalue weighted by atomic mass is 35.5. The number of likely N-dealkylation sites (tertiary alicyclic amines) is 1. The Labute approximate surface area is 149 Å². The summed E-state index contributed by atoms with van der Waals surface area (Å²) in [5.74, 6) is 1.02. The molecule has 5 nitrogen and oxygen atoms in total. The van der Waals surface area contributed by atoms with Crippen LogP contribution in [-0.4, -0.2) is 60.0 Å². The van der Waals surface area contributed by atoms with Crippen LogP contribution in [0.25, 0.3) is 0 Å². The summed E-state index contributed by atoms with van der Waals surface area (Å²) in [6.45, 7) is 9.17. The van der Waals surface area contributed by atoms with Gasteiger partial charge >= 0.3 is 0 Å². The highest BCUT2D eigenvalue weighted by Gasteiger charge is 2.27. The Bertz CT molecular complexity index is 523. The predicted molar refractivity (Wildman–Crippen MR) is 96.5 cm³/mol. The fourth-order valence-corrected chi connectivity index (χ4v) is 3.34. The molecule has 1 atom stereocenters. The van der Waals surface area contributed by atoms with Gasteiger partial charge < -0.3 is 14.5 Å². The standard InChI is InChI=1S/C18H28ClN3O2/c1-3-22(4-2)18(23)15-8-6-11-21(14-15)12-7-13-24-17-10-5-9-16(19)20-17/h5,9-10,15H,3-4,6-8,11-14H2,1-2H3. The topological polar surface area (TPSA) is 45.7 Å². The molecule has 1 amide bonds. The number of ether oxygens (including phenoxy) is 1. The maximum absolute atomic E-state index is 12.5. The van der Waals surface area contributed by atoms with Crippen LogP contribution in [0.3, 0.4) is 0 Å². The molecule has 0 saturated carbocycles. The molecule has 1 fully saturated rings. The molecule has 134 valence electrons. The van der Waals surface area contributed by atoms with Crippen LogP contribution in [-0.2, 0) is 4.79 Å². The molecular weight excluding hydrogens is 326 g/mol. The number of carbonyl (C=O) groups excluding carboxylic acids is 1. The lowest BCUT2D eigenvalue weighted by Crippen LogP contribution is -2.45. The maximum Gasteiger partial charge on any atom is 0.226 e. The fraction of sp³-hybridized carbons (Fsp3) is 0.667. The lowest BCUT2D eigenvalue weighted by atomic mass is 9.96. The van der Waals surface area contributed by atoms with E-state index < -0.39 is 0 Å². The smallest absolute Gasteiger partial charge is 0.226 e. The van der Waals surface area contributed by atoms with Gasteiger partial charge in [0.05, 0.1) is 12.5 Å². The van der Waals surface area contributed by atoms with Gasteiger partial charge in [-0.1, -0.05) is 17.7 Å². The molecule has 2 rings (SSSR count). The summed E-state index contributed by atoms with van der Waals surface area (Å²) >= 11 is 5.84. The maximum atomic E-state index is 12.5. The van der Waals surface area contributed by atoms with Gasteiger partial charge in [-0.05, 0) is 45.7 Å². The number of amides is 1. The Morgan fingerprint density at radius 3 is 2.92 bits per heavy atom. The number of hydrogen-bond donors (Lipinski definition) is 0. The van der Waals surface area contributed by atoms with Gasteiger partial charge in [-0.3, -0.25) is 4.79 Å². The Morgan fingerprint density at radius 1 is 1.42 bits per heavy atom. The van der Waals surface area contributed by atoms with Crippen molar-refractivity contribution in [1.29, 1.82) is 0 Å². The minimum atomic E-state index is 0.147. The highest BCUT2D eigenvalue weighted by molar-refractivity contribution is 6.29. The van der Waals surface area contributed by atoms with Crippen LogP contribution in [0.4, 0.5) is 0 Å². The molecule has 1 saturated heterocycles. The summed E-state index contributed by atoms with van der Waals surface area (Å²) in [7, 11) is 0. The summed E-state index contributed by atoms with van der Waals surface area (Å²) < 4.78 is 5.63. The molecule has 0 radical (unpaired) electrons. The molecule has 0 aromatic carbocycles. The zero-order valence-electron chi connectivity index (χ0n) is 14.7. The zero-order chi connectivity index (χ0) is 17.4. The van der Waals surface area contributed by atoms with E-state index in [1.807, 2.05) is 30.9 Å². The van der Waals surface area contributed by atoms with Crippen molar-refractivity contribution in [3.05, 3.63) is 23.4 Å². The van der Waals surface area contributed by atoms with Crippen molar-refractivity contribution in [2.45, 2.75) is 33.1 Å². The first-order valence-electron chi connectivity index (χ1n) is 8.90. The fourth-order valence-electron chi connectivity index (χ4n) is 3.19. The molecule has 0 aliphatic carbocycles. The van der Waals surface area contributed by atoms with Crippen molar-refractivity contribution in [2.24, 2.45) is 5.92 Å². The van der Waals surface area contributed by atoms with E-state index in [0.29, 0.717) is 23.5 Å². The van der Waals surface area contributed by atoms with E-state index in [1.165, 1.54) is 0 Å². The van der Waals surface area contributed by atoms with Gasteiger partial charge in [0.25, 0.3) is 0 Å². The first kappa shape index (κ1) is 19.0. The van der Waals surface area contributed by atoms with E-state index in [-0.39, 0.29) is 5.92 Å². The van der Waals surface area contributed by atoms with Crippen molar-refractivity contribution in [3.63, 3.8) is 0 Å². The number of nitrogens with zero attached hydrogens (tertiary/aromatic N) is 3. The van der Waals surface area contributed by atoms with E-state index in [4.69, 9.17) is 16.3 Å². The van der Waals surface area contributed by atoms with Gasteiger partial charge in [-0.25, -0.2) is 4.98 Å². The van der Waals surface area contributed by atoms with Gasteiger partial charge in [-0.15, -0.1) is 0 Å². The van der Waals surface area contributed by atoms with Crippen LogP contribution in [0.15, 0.2) is 18.2 Å². The summed E-state index contributed by atoms with van der Waals surface area (Å²) in [4.78, 5) is 20.9. The van der Waals surface area contributed by atoms with E-state index in [9.17, 15) is 4.79 Å². The first-order chi connectivity index (χ1) is 11.6. The number of carbonyl (C=O) groups is 1. The summed E-state index contributed by atoms with van der Waals surface area (Å²) in [5, 5.41) is 0.446. The molecule has 0 bridgehead atoms. The second-order valence-corrected chi connectivity index (χ2v) is 6.54. The normalized spacial score (nSPS) is 18.4. The molecule has 1 unspecified atom stereocenters. The Morgan fingerprint density at radius 2 is 2.21 bits per heavy atom. The first-order valence-corrected chi connectivity index (χ1v) is 9.28. The average molecular weight is 354 g/mol. The summed E-state index contributed by atoms with van der Waals surface area (Å²) in [6.07, 6.45) is 3.02. The van der Waals surface area contributed by atoms with Crippen LogP contribution in [0.5, 0.6) is 5.88 Å². The van der Waals surface area contributed by atoms with Crippen LogP contribution in [0.2, 0.25) is 5.15 Å². The van der Waals surface area contributed by atoms with Crippen molar-refractivity contribution >= 4 is 17.5 Å². The summed E-state index contributed by atoms with van der Waals surface area (Å²) in [6, 6.07) is 5.37. The molecule has 1 aromatic heterocycles. The molecule has 0 spiro atoms. The Kier molecular flexibility index (Phi) is 7.79. The van der Waals surface area contributed by atoms with Crippen molar-refractivity contribution in [3.8, 4) is 5.88 Å². The molecule has 1 aromatic rings. The van der Waals surface area contributed by atoms with Crippen molar-refractivity contribution in [2.75, 3.05) is 39.3 Å². The number of hydrogen-bond acceptors (Lipinski definition) is 4. The van der Waals surface area contributed by atoms with E-state index >= 15 is 0 Å². The molecular formula is C18H28ClN3O2. The second kappa shape index (κ2) is 9.84. The molecule has 1 aliphatic rings. The molecule has 0 N–H and O–H groups in total. The lowest BCUT2D eigenvalue weighted by molar-refractivity contribution is -0.137. The van der Waals surface area contributed by atoms with Gasteiger partial charge in [0.2, 0.25) is 11.8 Å². The monoisotopic (exact) mass is 353 g/mol. The van der Waals surface area contributed by atoms with Gasteiger partial charge in [0.15, 0.2) is 0 Å². The number of halogens is 1. The predicted octanol–water partition coefficient (Wildman–Crippen LogP) is 3.08. The largest absolute Gasteiger partial charge is 0.478 e. The van der Waals surface area contributed by atoms with Gasteiger partial charge in [-0.2, -0.15) is 0 Å². The summed E-state index contributed by atoms with van der Waals surface area (Å²) in [5.41, 5.74) is 0. The van der Waals surface area contributed by atoms with Crippen molar-refractivity contribution < 1.29 is 9.53 Å². The molecule has 24 heavy (non-hydrogen) atoms. The number of piperidine rings is 1. The number of rotatable bonds is 8. The molecule has 2 heterocycles. The third kappa shape index (κ3) is 5.64. The molecule has 6 heteroatoms. The quantitative estimate of drug-likeness (QED) is 0.532. The number of aromatic nitrogens is 1. The minimum Gasteiger partial charge on any atom is -0.478 e. The Balaban J connectivity index is 1.72. The zero-order valence-corrected chi connectivity index (χ0v) is 15.5. The van der Waals surface area contributed by atoms with Crippen molar-refractivity contribution in [1.82, 2.24) is 14.8 Å².